The third-order valence-corrected chi connectivity index (χ3v) is 5.91. The van der Waals surface area contributed by atoms with E-state index < -0.39 is 22.8 Å². The van der Waals surface area contributed by atoms with Gasteiger partial charge < -0.3 is 15.2 Å². The van der Waals surface area contributed by atoms with E-state index in [4.69, 9.17) is 16.3 Å². The van der Waals surface area contributed by atoms with Crippen molar-refractivity contribution >= 4 is 23.5 Å². The minimum atomic E-state index is -1.26. The lowest BCUT2D eigenvalue weighted by molar-refractivity contribution is -0.150. The Morgan fingerprint density at radius 3 is 2.35 bits per heavy atom. The average Bonchev–Trinajstić information content (AvgIpc) is 2.60. The van der Waals surface area contributed by atoms with Gasteiger partial charge in [0, 0.05) is 5.56 Å². The van der Waals surface area contributed by atoms with E-state index in [1.165, 1.54) is 7.11 Å². The molecule has 0 aliphatic heterocycles. The molecule has 0 heterocycles. The van der Waals surface area contributed by atoms with Gasteiger partial charge in [0.25, 0.3) is 0 Å². The predicted molar refractivity (Wildman–Crippen MR) is 102 cm³/mol. The minimum Gasteiger partial charge on any atom is -0.496 e. The van der Waals surface area contributed by atoms with E-state index in [2.05, 4.69) is 26.1 Å². The van der Waals surface area contributed by atoms with Crippen LogP contribution in [0, 0.1) is 11.3 Å². The Kier molecular flexibility index (Phi) is 6.22. The maximum Gasteiger partial charge on any atom is 0.329 e. The first kappa shape index (κ1) is 20.6. The Labute approximate surface area is 160 Å². The number of aliphatic carboxylic acids is 1. The number of rotatable bonds is 5. The standard InChI is InChI=1S/C20H28ClNO4/c1-19(2,3)13-9-11-20(12-10-13,18(24)25)22-17(23)16(21)14-7-5-6-8-15(14)26-4/h5-8,13,16H,9-12H2,1-4H3,(H,22,23)(H,24,25). The van der Waals surface area contributed by atoms with E-state index in [1.807, 2.05) is 0 Å². The Morgan fingerprint density at radius 1 is 1.27 bits per heavy atom. The Bertz CT molecular complexity index is 660. The molecular weight excluding hydrogens is 354 g/mol. The number of ether oxygens (including phenoxy) is 1. The van der Waals surface area contributed by atoms with Gasteiger partial charge in [-0.25, -0.2) is 4.79 Å². The van der Waals surface area contributed by atoms with Crippen molar-refractivity contribution in [2.45, 2.75) is 57.4 Å². The summed E-state index contributed by atoms with van der Waals surface area (Å²) in [6.07, 6.45) is 2.34. The molecule has 1 unspecified atom stereocenters. The van der Waals surface area contributed by atoms with Crippen molar-refractivity contribution in [1.82, 2.24) is 5.32 Å². The molecule has 0 saturated heterocycles. The largest absolute Gasteiger partial charge is 0.496 e. The quantitative estimate of drug-likeness (QED) is 0.751. The van der Waals surface area contributed by atoms with Crippen molar-refractivity contribution in [2.24, 2.45) is 11.3 Å². The summed E-state index contributed by atoms with van der Waals surface area (Å²) in [5, 5.41) is 11.5. The molecule has 144 valence electrons. The van der Waals surface area contributed by atoms with Gasteiger partial charge in [0.2, 0.25) is 5.91 Å². The summed E-state index contributed by atoms with van der Waals surface area (Å²) in [7, 11) is 1.51. The number of methoxy groups -OCH3 is 1. The molecule has 5 nitrogen and oxygen atoms in total. The third kappa shape index (κ3) is 4.32. The summed E-state index contributed by atoms with van der Waals surface area (Å²) < 4.78 is 5.25. The number of carbonyl (C=O) groups excluding carboxylic acids is 1. The third-order valence-electron chi connectivity index (χ3n) is 5.48. The number of alkyl halides is 1. The van der Waals surface area contributed by atoms with Crippen LogP contribution in [0.1, 0.15) is 57.4 Å². The summed E-state index contributed by atoms with van der Waals surface area (Å²) in [5.41, 5.74) is -0.604. The number of carboxylic acids is 1. The summed E-state index contributed by atoms with van der Waals surface area (Å²) in [5.74, 6) is -0.564. The second-order valence-electron chi connectivity index (χ2n) is 8.12. The lowest BCUT2D eigenvalue weighted by atomic mass is 9.67. The number of nitrogens with one attached hydrogen (secondary N) is 1. The van der Waals surface area contributed by atoms with Crippen molar-refractivity contribution in [2.75, 3.05) is 7.11 Å². The van der Waals surface area contributed by atoms with Crippen LogP contribution >= 0.6 is 11.6 Å². The summed E-state index contributed by atoms with van der Waals surface area (Å²) in [6, 6.07) is 6.98. The molecule has 0 aromatic heterocycles. The van der Waals surface area contributed by atoms with E-state index in [0.717, 1.165) is 12.8 Å². The molecule has 1 atom stereocenters. The number of amides is 1. The zero-order valence-electron chi connectivity index (χ0n) is 15.8. The number of para-hydroxylation sites is 1. The van der Waals surface area contributed by atoms with Crippen LogP contribution in [0.4, 0.5) is 0 Å². The first-order chi connectivity index (χ1) is 12.1. The average molecular weight is 382 g/mol. The highest BCUT2D eigenvalue weighted by atomic mass is 35.5. The van der Waals surface area contributed by atoms with Crippen LogP contribution in [0.15, 0.2) is 24.3 Å². The first-order valence-corrected chi connectivity index (χ1v) is 9.37. The molecule has 0 spiro atoms. The molecule has 1 saturated carbocycles. The van der Waals surface area contributed by atoms with Gasteiger partial charge in [0.15, 0.2) is 0 Å². The predicted octanol–water partition coefficient (Wildman–Crippen LogP) is 4.15. The molecular formula is C20H28ClNO4. The van der Waals surface area contributed by atoms with E-state index in [1.54, 1.807) is 24.3 Å². The topological polar surface area (TPSA) is 75.6 Å². The molecule has 1 aromatic carbocycles. The maximum atomic E-state index is 12.7. The highest BCUT2D eigenvalue weighted by Crippen LogP contribution is 2.42. The van der Waals surface area contributed by atoms with Crippen LogP contribution in [-0.4, -0.2) is 29.6 Å². The van der Waals surface area contributed by atoms with Gasteiger partial charge in [-0.05, 0) is 43.1 Å². The van der Waals surface area contributed by atoms with Crippen molar-refractivity contribution in [1.29, 1.82) is 0 Å². The Balaban J connectivity index is 2.15. The molecule has 1 aliphatic carbocycles. The highest BCUT2D eigenvalue weighted by molar-refractivity contribution is 6.31. The number of halogens is 1. The molecule has 1 amide bonds. The molecule has 1 aliphatic rings. The molecule has 6 heteroatoms. The summed E-state index contributed by atoms with van der Waals surface area (Å²) >= 11 is 6.34. The SMILES string of the molecule is COc1ccccc1C(Cl)C(=O)NC1(C(=O)O)CCC(C(C)(C)C)CC1. The molecule has 1 aromatic rings. The zero-order chi connectivity index (χ0) is 19.5. The Hall–Kier alpha value is -1.75. The lowest BCUT2D eigenvalue weighted by Gasteiger charge is -2.42. The van der Waals surface area contributed by atoms with Crippen LogP contribution in [-0.2, 0) is 9.59 Å². The van der Waals surface area contributed by atoms with Gasteiger partial charge in [-0.2, -0.15) is 0 Å². The summed E-state index contributed by atoms with van der Waals surface area (Å²) in [4.78, 5) is 24.7. The second kappa shape index (κ2) is 7.87. The van der Waals surface area contributed by atoms with Crippen LogP contribution < -0.4 is 10.1 Å². The first-order valence-electron chi connectivity index (χ1n) is 8.93. The molecule has 2 rings (SSSR count). The molecule has 1 fully saturated rings. The fourth-order valence-corrected chi connectivity index (χ4v) is 3.92. The van der Waals surface area contributed by atoms with Gasteiger partial charge >= 0.3 is 5.97 Å². The van der Waals surface area contributed by atoms with E-state index in [0.29, 0.717) is 30.1 Å². The lowest BCUT2D eigenvalue weighted by Crippen LogP contribution is -2.57. The number of hydrogen-bond acceptors (Lipinski definition) is 3. The fraction of sp³-hybridized carbons (Fsp3) is 0.600. The van der Waals surface area contributed by atoms with Crippen molar-refractivity contribution < 1.29 is 19.4 Å². The fourth-order valence-electron chi connectivity index (χ4n) is 3.69. The van der Waals surface area contributed by atoms with Crippen LogP contribution in [0.2, 0.25) is 0 Å². The molecule has 26 heavy (non-hydrogen) atoms. The van der Waals surface area contributed by atoms with Gasteiger partial charge in [0.1, 0.15) is 16.7 Å². The molecule has 0 bridgehead atoms. The molecule has 2 N–H and O–H groups in total. The zero-order valence-corrected chi connectivity index (χ0v) is 16.6. The van der Waals surface area contributed by atoms with Crippen molar-refractivity contribution in [3.63, 3.8) is 0 Å². The minimum absolute atomic E-state index is 0.126. The molecule has 0 radical (unpaired) electrons. The van der Waals surface area contributed by atoms with Gasteiger partial charge in [-0.3, -0.25) is 4.79 Å². The van der Waals surface area contributed by atoms with Gasteiger partial charge in [-0.1, -0.05) is 39.0 Å². The van der Waals surface area contributed by atoms with E-state index in [9.17, 15) is 14.7 Å². The van der Waals surface area contributed by atoms with Crippen LogP contribution in [0.5, 0.6) is 5.75 Å². The normalized spacial score (nSPS) is 24.6. The Morgan fingerprint density at radius 2 is 1.85 bits per heavy atom. The second-order valence-corrected chi connectivity index (χ2v) is 8.56. The number of benzene rings is 1. The van der Waals surface area contributed by atoms with Crippen LogP contribution in [0.25, 0.3) is 0 Å². The van der Waals surface area contributed by atoms with E-state index >= 15 is 0 Å². The highest BCUT2D eigenvalue weighted by Gasteiger charge is 2.46. The smallest absolute Gasteiger partial charge is 0.329 e. The summed E-state index contributed by atoms with van der Waals surface area (Å²) in [6.45, 7) is 6.50. The number of hydrogen-bond donors (Lipinski definition) is 2. The van der Waals surface area contributed by atoms with Crippen LogP contribution in [0.3, 0.4) is 0 Å². The van der Waals surface area contributed by atoms with Crippen molar-refractivity contribution in [3.05, 3.63) is 29.8 Å². The van der Waals surface area contributed by atoms with Gasteiger partial charge in [0.05, 0.1) is 7.11 Å². The number of carbonyl (C=O) groups is 2. The monoisotopic (exact) mass is 381 g/mol. The number of carboxylic acid groups (broad SMARTS) is 1. The maximum absolute atomic E-state index is 12.7. The van der Waals surface area contributed by atoms with Gasteiger partial charge in [-0.15, -0.1) is 11.6 Å². The van der Waals surface area contributed by atoms with E-state index in [-0.39, 0.29) is 5.41 Å². The van der Waals surface area contributed by atoms with Crippen molar-refractivity contribution in [3.8, 4) is 5.75 Å².